The second-order valence-electron chi connectivity index (χ2n) is 7.13. The van der Waals surface area contributed by atoms with Crippen LogP contribution in [-0.4, -0.2) is 43.3 Å². The Balaban J connectivity index is 1.63. The zero-order valence-electron chi connectivity index (χ0n) is 16.0. The van der Waals surface area contributed by atoms with Crippen LogP contribution < -0.4 is 15.8 Å². The van der Waals surface area contributed by atoms with E-state index in [1.807, 2.05) is 0 Å². The number of fused-ring (bicyclic) bond motifs is 1. The summed E-state index contributed by atoms with van der Waals surface area (Å²) in [6, 6.07) is 7.52. The van der Waals surface area contributed by atoms with E-state index in [0.717, 1.165) is 0 Å². The molecular weight excluding hydrogens is 379 g/mol. The first kappa shape index (κ1) is 19.1. The first-order chi connectivity index (χ1) is 13.9. The number of nitrogens with two attached hydrogens (primary N) is 1. The highest BCUT2D eigenvalue weighted by molar-refractivity contribution is 6.02. The van der Waals surface area contributed by atoms with Crippen LogP contribution >= 0.6 is 0 Å². The number of benzene rings is 1. The van der Waals surface area contributed by atoms with Gasteiger partial charge in [0.25, 0.3) is 11.9 Å². The highest BCUT2D eigenvalue weighted by atomic mass is 19.1. The van der Waals surface area contributed by atoms with Crippen LogP contribution in [0.25, 0.3) is 0 Å². The van der Waals surface area contributed by atoms with Crippen LogP contribution in [0.2, 0.25) is 0 Å². The topological polar surface area (TPSA) is 108 Å². The first-order valence-corrected chi connectivity index (χ1v) is 9.12. The van der Waals surface area contributed by atoms with Gasteiger partial charge in [0.2, 0.25) is 0 Å². The monoisotopic (exact) mass is 400 g/mol. The molecule has 3 heterocycles. The van der Waals surface area contributed by atoms with Gasteiger partial charge >= 0.3 is 0 Å². The molecule has 2 aromatic rings. The number of aliphatic imine (C=N–C) groups is 1. The summed E-state index contributed by atoms with van der Waals surface area (Å²) in [6.45, 7) is 2.55. The number of methoxy groups -OCH3 is 1. The molecule has 1 fully saturated rings. The van der Waals surface area contributed by atoms with Crippen molar-refractivity contribution in [2.75, 3.05) is 25.6 Å². The number of anilines is 1. The number of carbonyl (C=O) groups excluding carboxylic acids is 1. The van der Waals surface area contributed by atoms with Gasteiger partial charge in [0.05, 0.1) is 38.0 Å². The van der Waals surface area contributed by atoms with Gasteiger partial charge in [0.1, 0.15) is 23.4 Å². The lowest BCUT2D eigenvalue weighted by Gasteiger charge is -2.38. The summed E-state index contributed by atoms with van der Waals surface area (Å²) in [6.07, 6.45) is 1.16. The second kappa shape index (κ2) is 7.32. The largest absolute Gasteiger partial charge is 0.495 e. The molecule has 0 radical (unpaired) electrons. The SMILES string of the molecule is COc1ccc(C(=O)Nc2ccc(F)c(C3(C)N=C(N)OC4COCC43)c2)nc1. The Morgan fingerprint density at radius 2 is 2.17 bits per heavy atom. The van der Waals surface area contributed by atoms with Gasteiger partial charge in [0, 0.05) is 11.3 Å². The summed E-state index contributed by atoms with van der Waals surface area (Å²) in [5.41, 5.74) is 5.79. The number of nitrogens with one attached hydrogen (secondary N) is 1. The summed E-state index contributed by atoms with van der Waals surface area (Å²) in [7, 11) is 1.52. The molecule has 1 amide bonds. The van der Waals surface area contributed by atoms with Crippen molar-refractivity contribution in [1.29, 1.82) is 0 Å². The van der Waals surface area contributed by atoms with Crippen molar-refractivity contribution in [3.8, 4) is 5.75 Å². The highest BCUT2D eigenvalue weighted by Crippen LogP contribution is 2.43. The van der Waals surface area contributed by atoms with Crippen molar-refractivity contribution in [3.05, 3.63) is 53.6 Å². The van der Waals surface area contributed by atoms with Crippen molar-refractivity contribution < 1.29 is 23.4 Å². The molecule has 9 heteroatoms. The van der Waals surface area contributed by atoms with Gasteiger partial charge in [-0.3, -0.25) is 4.79 Å². The van der Waals surface area contributed by atoms with E-state index in [1.165, 1.54) is 25.4 Å². The lowest BCUT2D eigenvalue weighted by atomic mass is 9.77. The summed E-state index contributed by atoms with van der Waals surface area (Å²) >= 11 is 0. The van der Waals surface area contributed by atoms with Gasteiger partial charge in [0.15, 0.2) is 0 Å². The molecule has 3 atom stereocenters. The molecule has 1 aromatic carbocycles. The number of carbonyl (C=O) groups is 1. The summed E-state index contributed by atoms with van der Waals surface area (Å²) in [4.78, 5) is 21.0. The Kier molecular flexibility index (Phi) is 4.83. The van der Waals surface area contributed by atoms with E-state index >= 15 is 0 Å². The second-order valence-corrected chi connectivity index (χ2v) is 7.13. The van der Waals surface area contributed by atoms with Crippen LogP contribution in [0.1, 0.15) is 23.0 Å². The third-order valence-electron chi connectivity index (χ3n) is 5.34. The van der Waals surface area contributed by atoms with E-state index in [9.17, 15) is 9.18 Å². The van der Waals surface area contributed by atoms with Crippen molar-refractivity contribution in [3.63, 3.8) is 0 Å². The number of halogens is 1. The fourth-order valence-corrected chi connectivity index (χ4v) is 3.75. The standard InChI is InChI=1S/C20H21FN4O4/c1-20(14-9-28-10-17(14)29-19(22)25-20)13-7-11(3-5-15(13)21)24-18(26)16-6-4-12(27-2)8-23-16/h3-8,14,17H,9-10H2,1-2H3,(H2,22,25)(H,24,26). The molecule has 4 rings (SSSR count). The minimum Gasteiger partial charge on any atom is -0.495 e. The van der Waals surface area contributed by atoms with E-state index in [-0.39, 0.29) is 23.7 Å². The fraction of sp³-hybridized carbons (Fsp3) is 0.350. The van der Waals surface area contributed by atoms with Crippen molar-refractivity contribution in [1.82, 2.24) is 4.98 Å². The molecule has 3 N–H and O–H groups in total. The summed E-state index contributed by atoms with van der Waals surface area (Å²) in [5.74, 6) is -0.523. The predicted octanol–water partition coefficient (Wildman–Crippen LogP) is 2.06. The van der Waals surface area contributed by atoms with Gasteiger partial charge in [-0.2, -0.15) is 0 Å². The van der Waals surface area contributed by atoms with Crippen molar-refractivity contribution >= 4 is 17.6 Å². The Morgan fingerprint density at radius 1 is 1.34 bits per heavy atom. The molecule has 2 aliphatic heterocycles. The van der Waals surface area contributed by atoms with Crippen LogP contribution in [-0.2, 0) is 15.0 Å². The quantitative estimate of drug-likeness (QED) is 0.813. The van der Waals surface area contributed by atoms with Gasteiger partial charge in [-0.05, 0) is 37.3 Å². The molecular formula is C20H21FN4O4. The predicted molar refractivity (Wildman–Crippen MR) is 103 cm³/mol. The van der Waals surface area contributed by atoms with Crippen LogP contribution in [0.5, 0.6) is 5.75 Å². The molecule has 3 unspecified atom stereocenters. The third kappa shape index (κ3) is 3.49. The van der Waals surface area contributed by atoms with Gasteiger partial charge < -0.3 is 25.3 Å². The number of aromatic nitrogens is 1. The molecule has 0 bridgehead atoms. The minimum absolute atomic E-state index is 0.00415. The van der Waals surface area contributed by atoms with E-state index < -0.39 is 17.3 Å². The number of amidine groups is 1. The van der Waals surface area contributed by atoms with Gasteiger partial charge in [-0.25, -0.2) is 14.4 Å². The van der Waals surface area contributed by atoms with Crippen LogP contribution in [0, 0.1) is 11.7 Å². The molecule has 152 valence electrons. The number of ether oxygens (including phenoxy) is 3. The zero-order chi connectivity index (χ0) is 20.6. The van der Waals surface area contributed by atoms with E-state index in [1.54, 1.807) is 25.1 Å². The highest BCUT2D eigenvalue weighted by Gasteiger charge is 2.50. The van der Waals surface area contributed by atoms with Crippen LogP contribution in [0.15, 0.2) is 41.5 Å². The maximum atomic E-state index is 14.8. The normalized spacial score (nSPS) is 25.6. The van der Waals surface area contributed by atoms with Gasteiger partial charge in [-0.15, -0.1) is 0 Å². The maximum absolute atomic E-state index is 14.8. The van der Waals surface area contributed by atoms with Crippen LogP contribution in [0.3, 0.4) is 0 Å². The number of pyridine rings is 1. The van der Waals surface area contributed by atoms with Crippen molar-refractivity contribution in [2.24, 2.45) is 16.6 Å². The lowest BCUT2D eigenvalue weighted by molar-refractivity contribution is 0.0817. The average molecular weight is 400 g/mol. The molecule has 0 spiro atoms. The fourth-order valence-electron chi connectivity index (χ4n) is 3.75. The molecule has 1 aromatic heterocycles. The Labute approximate surface area is 166 Å². The lowest BCUT2D eigenvalue weighted by Crippen LogP contribution is -2.47. The smallest absolute Gasteiger partial charge is 0.283 e. The number of rotatable bonds is 4. The molecule has 29 heavy (non-hydrogen) atoms. The van der Waals surface area contributed by atoms with Crippen LogP contribution in [0.4, 0.5) is 10.1 Å². The van der Waals surface area contributed by atoms with E-state index in [2.05, 4.69) is 15.3 Å². The molecule has 0 aliphatic carbocycles. The number of amides is 1. The maximum Gasteiger partial charge on any atom is 0.283 e. The average Bonchev–Trinajstić information content (AvgIpc) is 3.18. The molecule has 2 aliphatic rings. The number of nitrogens with zero attached hydrogens (tertiary/aromatic N) is 2. The summed E-state index contributed by atoms with van der Waals surface area (Å²) in [5, 5.41) is 2.74. The van der Waals surface area contributed by atoms with Crippen molar-refractivity contribution in [2.45, 2.75) is 18.6 Å². The Morgan fingerprint density at radius 3 is 2.90 bits per heavy atom. The first-order valence-electron chi connectivity index (χ1n) is 9.12. The van der Waals surface area contributed by atoms with E-state index in [4.69, 9.17) is 19.9 Å². The zero-order valence-corrected chi connectivity index (χ0v) is 16.0. The number of hydrogen-bond donors (Lipinski definition) is 2. The minimum atomic E-state index is -0.979. The molecule has 1 saturated heterocycles. The number of hydrogen-bond acceptors (Lipinski definition) is 7. The summed E-state index contributed by atoms with van der Waals surface area (Å²) < 4.78 is 30.9. The van der Waals surface area contributed by atoms with E-state index in [0.29, 0.717) is 30.2 Å². The molecule has 8 nitrogen and oxygen atoms in total. The Bertz CT molecular complexity index is 965. The van der Waals surface area contributed by atoms with Gasteiger partial charge in [-0.1, -0.05) is 0 Å². The third-order valence-corrected chi connectivity index (χ3v) is 5.34. The molecule has 0 saturated carbocycles. The Hall–Kier alpha value is -3.20.